The highest BCUT2D eigenvalue weighted by Crippen LogP contribution is 2.38. The zero-order valence-corrected chi connectivity index (χ0v) is 46.3. The largest absolute Gasteiger partial charge is 0.502 e. The van der Waals surface area contributed by atoms with E-state index in [1.807, 2.05) is 18.2 Å². The molecule has 0 unspecified atom stereocenters. The monoisotopic (exact) mass is 1100 g/mol. The first-order chi connectivity index (χ1) is 39.3. The van der Waals surface area contributed by atoms with E-state index in [4.69, 9.17) is 67.5 Å². The highest BCUT2D eigenvalue weighted by molar-refractivity contribution is 5.92. The van der Waals surface area contributed by atoms with Gasteiger partial charge in [0.25, 0.3) is 0 Å². The zero-order valence-electron chi connectivity index (χ0n) is 46.3. The summed E-state index contributed by atoms with van der Waals surface area (Å²) in [4.78, 5) is 66.9. The number of carbonyl (C=O) groups is 2. The van der Waals surface area contributed by atoms with Crippen molar-refractivity contribution in [3.05, 3.63) is 183 Å². The van der Waals surface area contributed by atoms with Gasteiger partial charge in [0.15, 0.2) is 11.5 Å². The fraction of sp³-hybridized carbons (Fsp3) is 0.375. The molecule has 16 nitrogen and oxygen atoms in total. The van der Waals surface area contributed by atoms with Crippen molar-refractivity contribution in [3.8, 4) is 23.0 Å². The van der Waals surface area contributed by atoms with E-state index in [1.165, 1.54) is 60.9 Å². The van der Waals surface area contributed by atoms with Crippen molar-refractivity contribution in [1.29, 1.82) is 0 Å². The quantitative estimate of drug-likeness (QED) is 0.00780. The van der Waals surface area contributed by atoms with Gasteiger partial charge in [0.2, 0.25) is 0 Å². The summed E-state index contributed by atoms with van der Waals surface area (Å²) in [5.41, 5.74) is 6.13. The van der Waals surface area contributed by atoms with Crippen LogP contribution in [0.15, 0.2) is 150 Å². The van der Waals surface area contributed by atoms with Gasteiger partial charge in [0.1, 0.15) is 36.5 Å². The molecule has 432 valence electrons. The highest BCUT2D eigenvalue weighted by atomic mass is 17.2. The van der Waals surface area contributed by atoms with Crippen molar-refractivity contribution in [2.45, 2.75) is 103 Å². The lowest BCUT2D eigenvalue weighted by Crippen LogP contribution is -2.08. The molecule has 16 heteroatoms. The van der Waals surface area contributed by atoms with Crippen LogP contribution in [0.3, 0.4) is 0 Å². The van der Waals surface area contributed by atoms with Crippen LogP contribution in [0.1, 0.15) is 110 Å². The summed E-state index contributed by atoms with van der Waals surface area (Å²) in [6.07, 6.45) is 26.6. The van der Waals surface area contributed by atoms with Gasteiger partial charge >= 0.3 is 11.9 Å². The molecule has 80 heavy (non-hydrogen) atoms. The number of hydrogen-bond donors (Lipinski definition) is 0. The molecule has 4 aromatic carbocycles. The third-order valence-corrected chi connectivity index (χ3v) is 12.0. The maximum atomic E-state index is 13.4. The van der Waals surface area contributed by atoms with Crippen molar-refractivity contribution in [1.82, 2.24) is 0 Å². The van der Waals surface area contributed by atoms with Crippen molar-refractivity contribution in [2.75, 3.05) is 52.9 Å². The second kappa shape index (κ2) is 41.3. The Labute approximate surface area is 472 Å². The smallest absolute Gasteiger partial charge is 0.336 e. The molecule has 0 N–H and O–H groups in total. The molecule has 0 aliphatic rings. The first-order valence-corrected chi connectivity index (χ1v) is 27.3. The number of esters is 2. The normalized spacial score (nSPS) is 10.9. The number of hydrogen-bond acceptors (Lipinski definition) is 16. The molecular formula is C64H80O16. The van der Waals surface area contributed by atoms with Crippen LogP contribution in [0.25, 0.3) is 22.9 Å². The van der Waals surface area contributed by atoms with Crippen LogP contribution in [0.2, 0.25) is 0 Å². The fourth-order valence-corrected chi connectivity index (χ4v) is 8.31. The average molecular weight is 1110 g/mol. The molecule has 0 atom stereocenters. The summed E-state index contributed by atoms with van der Waals surface area (Å²) < 4.78 is 35.1. The predicted molar refractivity (Wildman–Crippen MR) is 309 cm³/mol. The minimum Gasteiger partial charge on any atom is -0.502 e. The minimum atomic E-state index is -0.591. The summed E-state index contributed by atoms with van der Waals surface area (Å²) in [6.45, 7) is 24.8. The molecule has 0 spiro atoms. The van der Waals surface area contributed by atoms with Crippen LogP contribution >= 0.6 is 0 Å². The summed E-state index contributed by atoms with van der Waals surface area (Å²) in [7, 11) is 0. The topological polar surface area (TPSA) is 163 Å². The van der Waals surface area contributed by atoms with Gasteiger partial charge in [-0.15, -0.1) is 0 Å². The Morgan fingerprint density at radius 1 is 0.375 bits per heavy atom. The molecule has 0 radical (unpaired) electrons. The lowest BCUT2D eigenvalue weighted by Gasteiger charge is -2.19. The predicted octanol–water partition coefficient (Wildman–Crippen LogP) is 14.4. The molecule has 0 bridgehead atoms. The second-order valence-electron chi connectivity index (χ2n) is 17.8. The highest BCUT2D eigenvalue weighted by Gasteiger charge is 2.18. The zero-order chi connectivity index (χ0) is 57.1. The third-order valence-electron chi connectivity index (χ3n) is 12.0. The van der Waals surface area contributed by atoms with Crippen LogP contribution < -0.4 is 18.9 Å². The van der Waals surface area contributed by atoms with E-state index in [2.05, 4.69) is 51.6 Å². The molecule has 0 aliphatic heterocycles. The number of rotatable bonds is 48. The van der Waals surface area contributed by atoms with Crippen LogP contribution in [-0.4, -0.2) is 64.8 Å². The van der Waals surface area contributed by atoms with Gasteiger partial charge in [-0.05, 0) is 178 Å². The van der Waals surface area contributed by atoms with Crippen molar-refractivity contribution < 1.29 is 77.1 Å². The summed E-state index contributed by atoms with van der Waals surface area (Å²) >= 11 is 0. The summed E-state index contributed by atoms with van der Waals surface area (Å²) in [5, 5.41) is 1.55. The van der Waals surface area contributed by atoms with E-state index in [1.54, 1.807) is 42.5 Å². The number of fused-ring (bicyclic) bond motifs is 1. The van der Waals surface area contributed by atoms with Crippen molar-refractivity contribution in [2.24, 2.45) is 0 Å². The summed E-state index contributed by atoms with van der Waals surface area (Å²) in [5.74, 6) is 0.697. The van der Waals surface area contributed by atoms with E-state index in [-0.39, 0.29) is 0 Å². The van der Waals surface area contributed by atoms with Gasteiger partial charge in [-0.1, -0.05) is 75.9 Å². The van der Waals surface area contributed by atoms with Gasteiger partial charge in [-0.25, -0.2) is 9.59 Å². The Morgan fingerprint density at radius 2 is 0.775 bits per heavy atom. The SMILES string of the molecule is C=COCCCCOc1c(C=CC(=O)Oc2ccc3cc(OC(=O)C=Cc4ccc(CCCCOOC=C)c(CCCCOOC=C)c4CCCCOOC=C)ccc3c2)ccc(CCCCOOC=C)c1OCCCCOC=C. The Kier molecular flexibility index (Phi) is 33.4. The number of ether oxygens (including phenoxy) is 6. The Balaban J connectivity index is 1.50. The molecule has 4 rings (SSSR count). The maximum Gasteiger partial charge on any atom is 0.336 e. The number of aryl methyl sites for hydroxylation is 2. The lowest BCUT2D eigenvalue weighted by molar-refractivity contribution is -0.248. The fourth-order valence-electron chi connectivity index (χ4n) is 8.31. The number of carbonyl (C=O) groups excluding carboxylic acids is 2. The first kappa shape index (κ1) is 64.8. The van der Waals surface area contributed by atoms with Crippen LogP contribution in [0.5, 0.6) is 23.0 Å². The van der Waals surface area contributed by atoms with E-state index in [0.717, 1.165) is 117 Å². The molecule has 0 saturated carbocycles. The number of benzene rings is 4. The van der Waals surface area contributed by atoms with Crippen LogP contribution in [0.4, 0.5) is 0 Å². The van der Waals surface area contributed by atoms with Gasteiger partial charge in [0, 0.05) is 17.7 Å². The Hall–Kier alpha value is -7.76. The minimum absolute atomic E-state index is 0.335. The molecule has 0 aromatic heterocycles. The summed E-state index contributed by atoms with van der Waals surface area (Å²) in [6, 6.07) is 18.6. The van der Waals surface area contributed by atoms with Gasteiger partial charge in [0.05, 0.1) is 65.4 Å². The van der Waals surface area contributed by atoms with E-state index >= 15 is 0 Å². The number of unbranched alkanes of at least 4 members (excludes halogenated alkanes) is 6. The van der Waals surface area contributed by atoms with Crippen LogP contribution in [-0.2, 0) is 83.8 Å². The molecule has 0 amide bonds. The Morgan fingerprint density at radius 3 is 1.26 bits per heavy atom. The van der Waals surface area contributed by atoms with Crippen molar-refractivity contribution in [3.63, 3.8) is 0 Å². The molecule has 0 aliphatic carbocycles. The lowest BCUT2D eigenvalue weighted by atomic mass is 9.87. The van der Waals surface area contributed by atoms with E-state index in [0.29, 0.717) is 94.3 Å². The molecule has 0 heterocycles. The van der Waals surface area contributed by atoms with E-state index < -0.39 is 11.9 Å². The van der Waals surface area contributed by atoms with Gasteiger partial charge < -0.3 is 48.0 Å². The maximum absolute atomic E-state index is 13.4. The van der Waals surface area contributed by atoms with Gasteiger partial charge in [-0.2, -0.15) is 19.6 Å². The third kappa shape index (κ3) is 25.8. The van der Waals surface area contributed by atoms with E-state index in [9.17, 15) is 9.59 Å². The second-order valence-corrected chi connectivity index (χ2v) is 17.8. The van der Waals surface area contributed by atoms with Crippen LogP contribution in [0, 0.1) is 0 Å². The van der Waals surface area contributed by atoms with Gasteiger partial charge in [-0.3, -0.25) is 0 Å². The standard InChI is InChI=1S/C64H80O16/c1-7-67-41-21-23-43-69-63-53(26-14-18-46-76-72-10-4)31-32-54(64(63)70-44-24-22-42-68-8-2)36-40-62(66)80-58-38-34-55-49-57(37-33-56(55)50-58)79-61(65)39-35-52-30-29-51(25-13-17-45-75-71-9-3)59(27-15-19-47-77-73-11-5)60(52)28-16-20-48-78-74-12-6/h7-12,29-40,49-50H,1-6,13-28,41-48H2. The Bertz CT molecular complexity index is 2390. The first-order valence-electron chi connectivity index (χ1n) is 27.3. The average Bonchev–Trinajstić information content (AvgIpc) is 3.46. The molecular weight excluding hydrogens is 1020 g/mol. The molecule has 0 fully saturated rings. The molecule has 0 saturated heterocycles. The molecule has 4 aromatic rings. The van der Waals surface area contributed by atoms with Crippen molar-refractivity contribution >= 4 is 34.9 Å².